The lowest BCUT2D eigenvalue weighted by Crippen LogP contribution is -2.19. The first-order valence-electron chi connectivity index (χ1n) is 6.33. The summed E-state index contributed by atoms with van der Waals surface area (Å²) >= 11 is 7.33. The van der Waals surface area contributed by atoms with Crippen molar-refractivity contribution < 1.29 is 9.53 Å². The van der Waals surface area contributed by atoms with Crippen LogP contribution in [0.25, 0.3) is 0 Å². The topological polar surface area (TPSA) is 42.4 Å². The van der Waals surface area contributed by atoms with Crippen LogP contribution in [0, 0.1) is 11.8 Å². The van der Waals surface area contributed by atoms with E-state index in [1.54, 1.807) is 0 Å². The zero-order valence-electron chi connectivity index (χ0n) is 10.6. The minimum atomic E-state index is -0.410. The van der Waals surface area contributed by atoms with E-state index in [-0.39, 0.29) is 5.15 Å². The third-order valence-electron chi connectivity index (χ3n) is 3.84. The van der Waals surface area contributed by atoms with Gasteiger partial charge in [-0.05, 0) is 24.7 Å². The molecule has 0 amide bonds. The van der Waals surface area contributed by atoms with Gasteiger partial charge in [0.25, 0.3) is 0 Å². The minimum Gasteiger partial charge on any atom is -0.465 e. The number of hydrogen-bond donors (Lipinski definition) is 0. The van der Waals surface area contributed by atoms with Gasteiger partial charge in [-0.1, -0.05) is 35.1 Å². The molecule has 6 heteroatoms. The van der Waals surface area contributed by atoms with E-state index in [0.29, 0.717) is 16.7 Å². The van der Waals surface area contributed by atoms with E-state index in [0.717, 1.165) is 31.1 Å². The first kappa shape index (κ1) is 12.9. The Balaban J connectivity index is 1.79. The molecule has 1 aromatic heterocycles. The highest BCUT2D eigenvalue weighted by Gasteiger charge is 2.34. The van der Waals surface area contributed by atoms with Gasteiger partial charge in [-0.15, -0.1) is 0 Å². The van der Waals surface area contributed by atoms with E-state index in [1.165, 1.54) is 18.4 Å². The van der Waals surface area contributed by atoms with Crippen molar-refractivity contribution in [3.8, 4) is 0 Å². The summed E-state index contributed by atoms with van der Waals surface area (Å²) in [6.07, 6.45) is 6.81. The van der Waals surface area contributed by atoms with Crippen LogP contribution in [0.4, 0.5) is 5.13 Å². The average Bonchev–Trinajstić information content (AvgIpc) is 3.00. The predicted molar refractivity (Wildman–Crippen MR) is 76.0 cm³/mol. The van der Waals surface area contributed by atoms with Crippen molar-refractivity contribution in [1.82, 2.24) is 4.98 Å². The highest BCUT2D eigenvalue weighted by Crippen LogP contribution is 2.38. The van der Waals surface area contributed by atoms with Crippen LogP contribution < -0.4 is 4.90 Å². The van der Waals surface area contributed by atoms with Gasteiger partial charge in [0.2, 0.25) is 0 Å². The van der Waals surface area contributed by atoms with E-state index >= 15 is 0 Å². The number of fused-ring (bicyclic) bond motifs is 1. The molecule has 0 N–H and O–H groups in total. The second-order valence-corrected chi connectivity index (χ2v) is 6.31. The third kappa shape index (κ3) is 2.37. The number of nitrogens with zero attached hydrogens (tertiary/aromatic N) is 2. The maximum atomic E-state index is 11.5. The Morgan fingerprint density at radius 3 is 2.63 bits per heavy atom. The largest absolute Gasteiger partial charge is 0.465 e. The fraction of sp³-hybridized carbons (Fsp3) is 0.538. The molecule has 0 saturated carbocycles. The van der Waals surface area contributed by atoms with Crippen molar-refractivity contribution in [3.05, 3.63) is 22.2 Å². The van der Waals surface area contributed by atoms with Crippen LogP contribution in [0.1, 0.15) is 22.5 Å². The maximum Gasteiger partial charge on any atom is 0.351 e. The summed E-state index contributed by atoms with van der Waals surface area (Å²) in [5.41, 5.74) is 0. The number of carbonyl (C=O) groups is 1. The van der Waals surface area contributed by atoms with E-state index in [9.17, 15) is 4.79 Å². The smallest absolute Gasteiger partial charge is 0.351 e. The fourth-order valence-electron chi connectivity index (χ4n) is 2.82. The molecule has 19 heavy (non-hydrogen) atoms. The van der Waals surface area contributed by atoms with Crippen LogP contribution in [0.3, 0.4) is 0 Å². The molecule has 3 rings (SSSR count). The number of rotatable bonds is 2. The summed E-state index contributed by atoms with van der Waals surface area (Å²) in [6, 6.07) is 0. The molecule has 0 radical (unpaired) electrons. The molecule has 1 saturated heterocycles. The number of anilines is 1. The number of thiazole rings is 1. The summed E-state index contributed by atoms with van der Waals surface area (Å²) in [5, 5.41) is 1.08. The quantitative estimate of drug-likeness (QED) is 0.622. The molecule has 1 aromatic rings. The number of methoxy groups -OCH3 is 1. The molecule has 2 heterocycles. The number of hydrogen-bond acceptors (Lipinski definition) is 5. The standard InChI is InChI=1S/C13H15ClN2O2S/c1-18-12(17)10-11(14)15-13(19-10)16-6-8-4-2-3-5-9(8)7-16/h2-3,8-9H,4-7H2,1H3. The van der Waals surface area contributed by atoms with Crippen molar-refractivity contribution in [2.24, 2.45) is 11.8 Å². The second kappa shape index (κ2) is 5.13. The number of carbonyl (C=O) groups excluding carboxylic acids is 1. The molecule has 2 unspecified atom stereocenters. The van der Waals surface area contributed by atoms with Crippen molar-refractivity contribution >= 4 is 34.0 Å². The van der Waals surface area contributed by atoms with E-state index in [4.69, 9.17) is 16.3 Å². The molecule has 2 aliphatic rings. The van der Waals surface area contributed by atoms with Crippen molar-refractivity contribution in [2.45, 2.75) is 12.8 Å². The minimum absolute atomic E-state index is 0.250. The molecule has 0 aromatic carbocycles. The van der Waals surface area contributed by atoms with Gasteiger partial charge in [0.15, 0.2) is 15.2 Å². The highest BCUT2D eigenvalue weighted by molar-refractivity contribution is 7.18. The van der Waals surface area contributed by atoms with Crippen LogP contribution in [0.5, 0.6) is 0 Å². The molecule has 0 spiro atoms. The number of halogens is 1. The van der Waals surface area contributed by atoms with Gasteiger partial charge in [-0.3, -0.25) is 0 Å². The van der Waals surface area contributed by atoms with E-state index < -0.39 is 5.97 Å². The molecule has 102 valence electrons. The Morgan fingerprint density at radius 1 is 1.42 bits per heavy atom. The second-order valence-electron chi connectivity index (χ2n) is 4.98. The zero-order valence-corrected chi connectivity index (χ0v) is 12.2. The lowest BCUT2D eigenvalue weighted by Gasteiger charge is -2.17. The van der Waals surface area contributed by atoms with Gasteiger partial charge in [-0.25, -0.2) is 9.78 Å². The first-order chi connectivity index (χ1) is 9.19. The normalized spacial score (nSPS) is 25.5. The van der Waals surface area contributed by atoms with E-state index in [2.05, 4.69) is 22.0 Å². The molecule has 0 bridgehead atoms. The predicted octanol–water partition coefficient (Wildman–Crippen LogP) is 2.99. The van der Waals surface area contributed by atoms with Gasteiger partial charge >= 0.3 is 5.97 Å². The molecular formula is C13H15ClN2O2S. The Hall–Kier alpha value is -1.07. The summed E-state index contributed by atoms with van der Waals surface area (Å²) in [6.45, 7) is 2.00. The summed E-state index contributed by atoms with van der Waals surface area (Å²) in [4.78, 5) is 18.5. The SMILES string of the molecule is COC(=O)c1sc(N2CC3CC=CCC3C2)nc1Cl. The Kier molecular flexibility index (Phi) is 3.50. The number of esters is 1. The summed E-state index contributed by atoms with van der Waals surface area (Å²) < 4.78 is 4.71. The van der Waals surface area contributed by atoms with Gasteiger partial charge in [0.05, 0.1) is 7.11 Å². The Bertz CT molecular complexity index is 513. The van der Waals surface area contributed by atoms with Gasteiger partial charge in [0, 0.05) is 13.1 Å². The number of allylic oxidation sites excluding steroid dienone is 2. The Morgan fingerprint density at radius 2 is 2.05 bits per heavy atom. The first-order valence-corrected chi connectivity index (χ1v) is 7.53. The van der Waals surface area contributed by atoms with Crippen LogP contribution >= 0.6 is 22.9 Å². The average molecular weight is 299 g/mol. The monoisotopic (exact) mass is 298 g/mol. The summed E-state index contributed by atoms with van der Waals surface area (Å²) in [5.74, 6) is 0.996. The fourth-order valence-corrected chi connectivity index (χ4v) is 4.03. The Labute approximate surface area is 121 Å². The van der Waals surface area contributed by atoms with Crippen LogP contribution in [0.15, 0.2) is 12.2 Å². The molecular weight excluding hydrogens is 284 g/mol. The number of aromatic nitrogens is 1. The highest BCUT2D eigenvalue weighted by atomic mass is 35.5. The van der Waals surface area contributed by atoms with Gasteiger partial charge < -0.3 is 9.64 Å². The van der Waals surface area contributed by atoms with Crippen molar-refractivity contribution in [2.75, 3.05) is 25.1 Å². The van der Waals surface area contributed by atoms with Crippen LogP contribution in [-0.4, -0.2) is 31.2 Å². The molecule has 4 nitrogen and oxygen atoms in total. The van der Waals surface area contributed by atoms with Gasteiger partial charge in [-0.2, -0.15) is 0 Å². The third-order valence-corrected chi connectivity index (χ3v) is 5.32. The molecule has 1 fully saturated rings. The summed E-state index contributed by atoms with van der Waals surface area (Å²) in [7, 11) is 1.36. The lowest BCUT2D eigenvalue weighted by atomic mass is 9.86. The van der Waals surface area contributed by atoms with E-state index in [1.807, 2.05) is 0 Å². The van der Waals surface area contributed by atoms with Crippen molar-refractivity contribution in [1.29, 1.82) is 0 Å². The molecule has 1 aliphatic carbocycles. The van der Waals surface area contributed by atoms with Crippen LogP contribution in [0.2, 0.25) is 5.15 Å². The molecule has 2 atom stereocenters. The molecule has 1 aliphatic heterocycles. The zero-order chi connectivity index (χ0) is 13.4. The van der Waals surface area contributed by atoms with Crippen molar-refractivity contribution in [3.63, 3.8) is 0 Å². The number of ether oxygens (including phenoxy) is 1. The maximum absolute atomic E-state index is 11.5. The van der Waals surface area contributed by atoms with Crippen LogP contribution in [-0.2, 0) is 4.74 Å². The van der Waals surface area contributed by atoms with Gasteiger partial charge in [0.1, 0.15) is 0 Å². The lowest BCUT2D eigenvalue weighted by molar-refractivity contribution is 0.0606.